The molecule has 144 valence electrons. The van der Waals surface area contributed by atoms with Gasteiger partial charge in [0.1, 0.15) is 0 Å². The zero-order valence-corrected chi connectivity index (χ0v) is 16.7. The number of rotatable bonds is 4. The average molecular weight is 394 g/mol. The number of hydrogen-bond acceptors (Lipinski definition) is 3. The van der Waals surface area contributed by atoms with E-state index in [-0.39, 0.29) is 11.9 Å². The number of amides is 1. The van der Waals surface area contributed by atoms with Crippen LogP contribution in [0.2, 0.25) is 5.02 Å². The Labute approximate surface area is 170 Å². The van der Waals surface area contributed by atoms with Crippen molar-refractivity contribution < 1.29 is 4.79 Å². The second-order valence-electron chi connectivity index (χ2n) is 7.55. The Morgan fingerprint density at radius 2 is 1.71 bits per heavy atom. The SMILES string of the molecule is Cc1ccc(C(=O)N[C@H]2CC[C@@H](Nc3ccnc4cc(Cl)ccc34)CC2)cc1. The van der Waals surface area contributed by atoms with Crippen LogP contribution in [0.5, 0.6) is 0 Å². The van der Waals surface area contributed by atoms with Gasteiger partial charge >= 0.3 is 0 Å². The Morgan fingerprint density at radius 3 is 2.46 bits per heavy atom. The number of nitrogens with one attached hydrogen (secondary N) is 2. The fourth-order valence-electron chi connectivity index (χ4n) is 3.82. The quantitative estimate of drug-likeness (QED) is 0.628. The van der Waals surface area contributed by atoms with E-state index >= 15 is 0 Å². The van der Waals surface area contributed by atoms with E-state index in [0.717, 1.165) is 53.4 Å². The zero-order valence-electron chi connectivity index (χ0n) is 15.9. The van der Waals surface area contributed by atoms with Gasteiger partial charge in [-0.15, -0.1) is 0 Å². The van der Waals surface area contributed by atoms with Crippen molar-refractivity contribution >= 4 is 34.1 Å². The minimum atomic E-state index is 0.0217. The average Bonchev–Trinajstić information content (AvgIpc) is 2.70. The molecule has 0 spiro atoms. The molecule has 0 atom stereocenters. The zero-order chi connectivity index (χ0) is 19.5. The van der Waals surface area contributed by atoms with Crippen molar-refractivity contribution in [1.82, 2.24) is 10.3 Å². The van der Waals surface area contributed by atoms with Crippen LogP contribution in [-0.4, -0.2) is 23.0 Å². The van der Waals surface area contributed by atoms with Gasteiger partial charge in [0, 0.05) is 39.9 Å². The molecule has 2 N–H and O–H groups in total. The summed E-state index contributed by atoms with van der Waals surface area (Å²) in [4.78, 5) is 16.8. The van der Waals surface area contributed by atoms with E-state index in [1.54, 1.807) is 0 Å². The molecule has 4 nitrogen and oxygen atoms in total. The van der Waals surface area contributed by atoms with Crippen LogP contribution < -0.4 is 10.6 Å². The van der Waals surface area contributed by atoms with E-state index in [1.807, 2.05) is 61.7 Å². The van der Waals surface area contributed by atoms with Crippen molar-refractivity contribution in [3.05, 3.63) is 70.9 Å². The van der Waals surface area contributed by atoms with Gasteiger partial charge in [-0.2, -0.15) is 0 Å². The van der Waals surface area contributed by atoms with Crippen LogP contribution in [0.1, 0.15) is 41.6 Å². The summed E-state index contributed by atoms with van der Waals surface area (Å²) < 4.78 is 0. The molecule has 0 aliphatic heterocycles. The number of hydrogen-bond donors (Lipinski definition) is 2. The van der Waals surface area contributed by atoms with Crippen LogP contribution in [-0.2, 0) is 0 Å². The third kappa shape index (κ3) is 4.28. The molecule has 0 unspecified atom stereocenters. The minimum Gasteiger partial charge on any atom is -0.382 e. The van der Waals surface area contributed by atoms with Gasteiger partial charge in [0.05, 0.1) is 5.52 Å². The van der Waals surface area contributed by atoms with E-state index in [9.17, 15) is 4.79 Å². The smallest absolute Gasteiger partial charge is 0.251 e. The van der Waals surface area contributed by atoms with Gasteiger partial charge in [0.2, 0.25) is 0 Å². The van der Waals surface area contributed by atoms with Gasteiger partial charge in [0.15, 0.2) is 0 Å². The highest BCUT2D eigenvalue weighted by atomic mass is 35.5. The number of anilines is 1. The molecule has 1 amide bonds. The molecule has 1 aliphatic rings. The Kier molecular flexibility index (Phi) is 5.49. The number of carbonyl (C=O) groups excluding carboxylic acids is 1. The summed E-state index contributed by atoms with van der Waals surface area (Å²) in [7, 11) is 0. The number of benzene rings is 2. The lowest BCUT2D eigenvalue weighted by Gasteiger charge is -2.30. The minimum absolute atomic E-state index is 0.0217. The molecule has 3 aromatic rings. The summed E-state index contributed by atoms with van der Waals surface area (Å²) in [6.45, 7) is 2.02. The van der Waals surface area contributed by atoms with Gasteiger partial charge in [-0.25, -0.2) is 0 Å². The molecular formula is C23H24ClN3O. The summed E-state index contributed by atoms with van der Waals surface area (Å²) in [5.41, 5.74) is 3.88. The van der Waals surface area contributed by atoms with E-state index < -0.39 is 0 Å². The molecular weight excluding hydrogens is 370 g/mol. The standard InChI is InChI=1S/C23H24ClN3O/c1-15-2-4-16(5-3-15)23(28)27-19-9-7-18(8-10-19)26-21-12-13-25-22-14-17(24)6-11-20(21)22/h2-6,11-14,18-19H,7-10H2,1H3,(H,25,26)(H,27,28)/t18-,19+. The van der Waals surface area contributed by atoms with Crippen molar-refractivity contribution in [1.29, 1.82) is 0 Å². The lowest BCUT2D eigenvalue weighted by molar-refractivity contribution is 0.0926. The topological polar surface area (TPSA) is 54.0 Å². The first kappa shape index (κ1) is 18.8. The highest BCUT2D eigenvalue weighted by molar-refractivity contribution is 6.31. The van der Waals surface area contributed by atoms with Crippen molar-refractivity contribution in [3.8, 4) is 0 Å². The normalized spacial score (nSPS) is 19.4. The van der Waals surface area contributed by atoms with Crippen LogP contribution in [0, 0.1) is 6.92 Å². The number of nitrogens with zero attached hydrogens (tertiary/aromatic N) is 1. The number of fused-ring (bicyclic) bond motifs is 1. The summed E-state index contributed by atoms with van der Waals surface area (Å²) in [6.07, 6.45) is 5.81. The molecule has 4 rings (SSSR count). The molecule has 0 bridgehead atoms. The number of carbonyl (C=O) groups is 1. The molecule has 2 aromatic carbocycles. The first-order valence-corrected chi connectivity index (χ1v) is 10.1. The van der Waals surface area contributed by atoms with Gasteiger partial charge in [-0.1, -0.05) is 29.3 Å². The monoisotopic (exact) mass is 393 g/mol. The highest BCUT2D eigenvalue weighted by Crippen LogP contribution is 2.28. The third-order valence-corrected chi connectivity index (χ3v) is 5.68. The number of pyridine rings is 1. The number of halogens is 1. The number of aromatic nitrogens is 1. The second-order valence-corrected chi connectivity index (χ2v) is 7.99. The van der Waals surface area contributed by atoms with Gasteiger partial charge in [-0.3, -0.25) is 9.78 Å². The first-order chi connectivity index (χ1) is 13.6. The van der Waals surface area contributed by atoms with E-state index in [1.165, 1.54) is 0 Å². The van der Waals surface area contributed by atoms with Crippen LogP contribution in [0.3, 0.4) is 0 Å². The van der Waals surface area contributed by atoms with Crippen LogP contribution in [0.25, 0.3) is 10.9 Å². The van der Waals surface area contributed by atoms with Crippen molar-refractivity contribution in [2.75, 3.05) is 5.32 Å². The lowest BCUT2D eigenvalue weighted by atomic mass is 9.90. The van der Waals surface area contributed by atoms with Crippen LogP contribution in [0.4, 0.5) is 5.69 Å². The van der Waals surface area contributed by atoms with Crippen LogP contribution >= 0.6 is 11.6 Å². The molecule has 1 saturated carbocycles. The molecule has 1 aromatic heterocycles. The summed E-state index contributed by atoms with van der Waals surface area (Å²) in [5, 5.41) is 8.62. The largest absolute Gasteiger partial charge is 0.382 e. The predicted molar refractivity (Wildman–Crippen MR) is 115 cm³/mol. The van der Waals surface area contributed by atoms with Crippen molar-refractivity contribution in [2.24, 2.45) is 0 Å². The third-order valence-electron chi connectivity index (χ3n) is 5.44. The van der Waals surface area contributed by atoms with Crippen LogP contribution in [0.15, 0.2) is 54.7 Å². The van der Waals surface area contributed by atoms with Gasteiger partial charge < -0.3 is 10.6 Å². The Hall–Kier alpha value is -2.59. The Morgan fingerprint density at radius 1 is 1.00 bits per heavy atom. The summed E-state index contributed by atoms with van der Waals surface area (Å²) in [6, 6.07) is 16.2. The second kappa shape index (κ2) is 8.19. The molecule has 5 heteroatoms. The maximum atomic E-state index is 12.4. The van der Waals surface area contributed by atoms with Gasteiger partial charge in [0.25, 0.3) is 5.91 Å². The molecule has 1 aliphatic carbocycles. The van der Waals surface area contributed by atoms with E-state index in [0.29, 0.717) is 11.1 Å². The fraction of sp³-hybridized carbons (Fsp3) is 0.304. The maximum Gasteiger partial charge on any atom is 0.251 e. The summed E-state index contributed by atoms with van der Waals surface area (Å²) >= 11 is 6.08. The molecule has 1 heterocycles. The fourth-order valence-corrected chi connectivity index (χ4v) is 3.99. The first-order valence-electron chi connectivity index (χ1n) is 9.77. The number of aryl methyl sites for hydroxylation is 1. The highest BCUT2D eigenvalue weighted by Gasteiger charge is 2.23. The van der Waals surface area contributed by atoms with Crippen molar-refractivity contribution in [3.63, 3.8) is 0 Å². The maximum absolute atomic E-state index is 12.4. The van der Waals surface area contributed by atoms with Gasteiger partial charge in [-0.05, 0) is 69.0 Å². The lowest BCUT2D eigenvalue weighted by Crippen LogP contribution is -2.40. The Bertz CT molecular complexity index is 979. The van der Waals surface area contributed by atoms with E-state index in [2.05, 4.69) is 15.6 Å². The Balaban J connectivity index is 1.34. The molecule has 28 heavy (non-hydrogen) atoms. The molecule has 0 radical (unpaired) electrons. The molecule has 1 fully saturated rings. The molecule has 0 saturated heterocycles. The summed E-state index contributed by atoms with van der Waals surface area (Å²) in [5.74, 6) is 0.0217. The van der Waals surface area contributed by atoms with E-state index in [4.69, 9.17) is 11.6 Å². The predicted octanol–water partition coefficient (Wildman–Crippen LogP) is 5.35. The van der Waals surface area contributed by atoms with Crippen molar-refractivity contribution in [2.45, 2.75) is 44.7 Å².